The van der Waals surface area contributed by atoms with Crippen molar-refractivity contribution in [2.75, 3.05) is 26.2 Å². The highest BCUT2D eigenvalue weighted by atomic mass is 32.2. The summed E-state index contributed by atoms with van der Waals surface area (Å²) in [4.78, 5) is 29.2. The predicted octanol–water partition coefficient (Wildman–Crippen LogP) is 2.82. The smallest absolute Gasteiger partial charge is 0.329 e. The van der Waals surface area contributed by atoms with E-state index in [1.165, 1.54) is 4.31 Å². The SMILES string of the molecule is O=C(NC[C@@H]1C[C@@H]2C=C[C@@H]1C2)NS(=O)(=O)N1CCC(CCNC(=O)c2cccc3cccnc23)CC1. The standard InChI is InChI=1S/C26H33N5O4S/c32-25(23-5-1-3-20-4-2-11-27-24(20)23)28-12-8-18-9-13-31(14-10-18)36(34,35)30-26(33)29-17-22-16-19-6-7-21(22)15-19/h1-7,11,18-19,21-22H,8-10,12-17H2,(H,28,32)(H2,29,30,33)/t19-,21-,22+/m1/s1. The molecule has 0 radical (unpaired) electrons. The lowest BCUT2D eigenvalue weighted by Gasteiger charge is -2.31. The summed E-state index contributed by atoms with van der Waals surface area (Å²) < 4.78 is 28.9. The van der Waals surface area contributed by atoms with Crippen molar-refractivity contribution in [1.82, 2.24) is 24.6 Å². The summed E-state index contributed by atoms with van der Waals surface area (Å²) in [6, 6.07) is 8.65. The van der Waals surface area contributed by atoms with Crippen molar-refractivity contribution in [1.29, 1.82) is 0 Å². The number of piperidine rings is 1. The van der Waals surface area contributed by atoms with E-state index in [9.17, 15) is 18.0 Å². The Morgan fingerprint density at radius 2 is 1.83 bits per heavy atom. The zero-order valence-corrected chi connectivity index (χ0v) is 21.0. The molecule has 10 heteroatoms. The molecule has 2 fully saturated rings. The number of urea groups is 1. The van der Waals surface area contributed by atoms with E-state index in [2.05, 4.69) is 32.5 Å². The van der Waals surface area contributed by atoms with Gasteiger partial charge in [-0.1, -0.05) is 30.4 Å². The Kier molecular flexibility index (Phi) is 7.25. The van der Waals surface area contributed by atoms with Crippen LogP contribution >= 0.6 is 0 Å². The van der Waals surface area contributed by atoms with Crippen LogP contribution in [0.5, 0.6) is 0 Å². The van der Waals surface area contributed by atoms with E-state index in [1.54, 1.807) is 12.3 Å². The van der Waals surface area contributed by atoms with Gasteiger partial charge in [0.25, 0.3) is 5.91 Å². The van der Waals surface area contributed by atoms with Crippen molar-refractivity contribution in [2.24, 2.45) is 23.7 Å². The molecule has 2 aliphatic carbocycles. The normalized spacial score (nSPS) is 24.2. The summed E-state index contributed by atoms with van der Waals surface area (Å²) in [7, 11) is -3.87. The lowest BCUT2D eigenvalue weighted by atomic mass is 9.94. The van der Waals surface area contributed by atoms with Gasteiger partial charge in [-0.15, -0.1) is 0 Å². The maximum Gasteiger partial charge on any atom is 0.329 e. The van der Waals surface area contributed by atoms with E-state index < -0.39 is 16.2 Å². The van der Waals surface area contributed by atoms with Crippen LogP contribution in [0.2, 0.25) is 0 Å². The van der Waals surface area contributed by atoms with E-state index >= 15 is 0 Å². The molecule has 3 aliphatic rings. The van der Waals surface area contributed by atoms with Crippen LogP contribution in [0.1, 0.15) is 42.5 Å². The van der Waals surface area contributed by atoms with E-state index in [-0.39, 0.29) is 5.91 Å². The number of nitrogens with zero attached hydrogens (tertiary/aromatic N) is 2. The van der Waals surface area contributed by atoms with Gasteiger partial charge in [0.2, 0.25) is 0 Å². The number of allylic oxidation sites excluding steroid dienone is 2. The summed E-state index contributed by atoms with van der Waals surface area (Å²) in [5, 5.41) is 6.63. The molecule has 192 valence electrons. The minimum Gasteiger partial charge on any atom is -0.352 e. The Hall–Kier alpha value is -2.98. The van der Waals surface area contributed by atoms with Crippen LogP contribution in [0.25, 0.3) is 10.9 Å². The fourth-order valence-electron chi connectivity index (χ4n) is 5.78. The fourth-order valence-corrected chi connectivity index (χ4v) is 6.91. The third-order valence-corrected chi connectivity index (χ3v) is 9.28. The Morgan fingerprint density at radius 3 is 2.58 bits per heavy atom. The number of nitrogens with one attached hydrogen (secondary N) is 3. The number of hydrogen-bond acceptors (Lipinski definition) is 5. The van der Waals surface area contributed by atoms with Gasteiger partial charge in [-0.25, -0.2) is 9.52 Å². The molecule has 1 saturated heterocycles. The number of carbonyl (C=O) groups is 2. The molecule has 2 heterocycles. The Labute approximate surface area is 211 Å². The first kappa shape index (κ1) is 24.7. The number of amides is 3. The molecule has 3 atom stereocenters. The maximum atomic E-state index is 12.7. The average Bonchev–Trinajstić information content (AvgIpc) is 3.51. The molecular weight excluding hydrogens is 478 g/mol. The van der Waals surface area contributed by atoms with Crippen molar-refractivity contribution in [3.8, 4) is 0 Å². The number of carbonyl (C=O) groups excluding carboxylic acids is 2. The number of rotatable bonds is 8. The number of pyridine rings is 1. The number of hydrogen-bond donors (Lipinski definition) is 3. The molecule has 2 bridgehead atoms. The molecule has 3 N–H and O–H groups in total. The summed E-state index contributed by atoms with van der Waals surface area (Å²) in [6.07, 6.45) is 10.5. The number of aromatic nitrogens is 1. The number of fused-ring (bicyclic) bond motifs is 3. The molecule has 1 saturated carbocycles. The number of benzene rings is 1. The molecule has 36 heavy (non-hydrogen) atoms. The maximum absolute atomic E-state index is 12.7. The van der Waals surface area contributed by atoms with Gasteiger partial charge in [-0.3, -0.25) is 9.78 Å². The Morgan fingerprint density at radius 1 is 1.03 bits per heavy atom. The Bertz CT molecular complexity index is 1250. The van der Waals surface area contributed by atoms with Gasteiger partial charge in [-0.2, -0.15) is 12.7 Å². The van der Waals surface area contributed by atoms with Gasteiger partial charge >= 0.3 is 16.2 Å². The van der Waals surface area contributed by atoms with Gasteiger partial charge in [-0.05, 0) is 67.9 Å². The molecule has 1 aliphatic heterocycles. The highest BCUT2D eigenvalue weighted by Crippen LogP contribution is 2.42. The molecule has 5 rings (SSSR count). The monoisotopic (exact) mass is 511 g/mol. The minimum atomic E-state index is -3.87. The first-order chi connectivity index (χ1) is 17.4. The second kappa shape index (κ2) is 10.6. The second-order valence-electron chi connectivity index (χ2n) is 10.1. The largest absolute Gasteiger partial charge is 0.352 e. The van der Waals surface area contributed by atoms with Crippen LogP contribution in [0.15, 0.2) is 48.7 Å². The second-order valence-corrected chi connectivity index (χ2v) is 11.8. The number of para-hydroxylation sites is 1. The van der Waals surface area contributed by atoms with Crippen LogP contribution in [0.3, 0.4) is 0 Å². The first-order valence-electron chi connectivity index (χ1n) is 12.7. The van der Waals surface area contributed by atoms with Gasteiger partial charge in [0.05, 0.1) is 11.1 Å². The third-order valence-electron chi connectivity index (χ3n) is 7.79. The quantitative estimate of drug-likeness (QED) is 0.471. The van der Waals surface area contributed by atoms with Crippen LogP contribution in [-0.4, -0.2) is 55.8 Å². The third kappa shape index (κ3) is 5.54. The van der Waals surface area contributed by atoms with Crippen molar-refractivity contribution in [3.05, 3.63) is 54.2 Å². The average molecular weight is 512 g/mol. The molecule has 0 unspecified atom stereocenters. The summed E-state index contributed by atoms with van der Waals surface area (Å²) in [5.74, 6) is 1.65. The van der Waals surface area contributed by atoms with E-state index in [0.29, 0.717) is 73.8 Å². The van der Waals surface area contributed by atoms with Crippen LogP contribution in [-0.2, 0) is 10.2 Å². The van der Waals surface area contributed by atoms with E-state index in [4.69, 9.17) is 0 Å². The molecule has 1 aromatic carbocycles. The first-order valence-corrected chi connectivity index (χ1v) is 14.2. The van der Waals surface area contributed by atoms with Crippen LogP contribution < -0.4 is 15.4 Å². The lowest BCUT2D eigenvalue weighted by Crippen LogP contribution is -2.50. The molecule has 0 spiro atoms. The molecule has 3 amide bonds. The van der Waals surface area contributed by atoms with E-state index in [0.717, 1.165) is 24.6 Å². The zero-order chi connectivity index (χ0) is 25.1. The van der Waals surface area contributed by atoms with Gasteiger partial charge < -0.3 is 10.6 Å². The van der Waals surface area contributed by atoms with E-state index in [1.807, 2.05) is 24.3 Å². The highest BCUT2D eigenvalue weighted by molar-refractivity contribution is 7.87. The summed E-state index contributed by atoms with van der Waals surface area (Å²) in [6.45, 7) is 1.71. The fraction of sp³-hybridized carbons (Fsp3) is 0.500. The predicted molar refractivity (Wildman–Crippen MR) is 137 cm³/mol. The molecule has 2 aromatic rings. The summed E-state index contributed by atoms with van der Waals surface area (Å²) >= 11 is 0. The van der Waals surface area contributed by atoms with Crippen molar-refractivity contribution < 1.29 is 18.0 Å². The zero-order valence-electron chi connectivity index (χ0n) is 20.2. The molecular formula is C26H33N5O4S. The van der Waals surface area contributed by atoms with Gasteiger partial charge in [0.1, 0.15) is 0 Å². The van der Waals surface area contributed by atoms with Gasteiger partial charge in [0.15, 0.2) is 0 Å². The topological polar surface area (TPSA) is 121 Å². The van der Waals surface area contributed by atoms with Crippen molar-refractivity contribution >= 4 is 33.1 Å². The van der Waals surface area contributed by atoms with Gasteiger partial charge in [0, 0.05) is 37.8 Å². The summed E-state index contributed by atoms with van der Waals surface area (Å²) in [5.41, 5.74) is 1.23. The minimum absolute atomic E-state index is 0.156. The van der Waals surface area contributed by atoms with Crippen LogP contribution in [0.4, 0.5) is 4.79 Å². The highest BCUT2D eigenvalue weighted by Gasteiger charge is 2.36. The van der Waals surface area contributed by atoms with Crippen LogP contribution in [0, 0.1) is 23.7 Å². The molecule has 9 nitrogen and oxygen atoms in total. The van der Waals surface area contributed by atoms with Crippen molar-refractivity contribution in [2.45, 2.75) is 32.1 Å². The lowest BCUT2D eigenvalue weighted by molar-refractivity contribution is 0.0951. The van der Waals surface area contributed by atoms with Crippen molar-refractivity contribution in [3.63, 3.8) is 0 Å². The molecule has 1 aromatic heterocycles. The Balaban J connectivity index is 1.03.